The minimum absolute atomic E-state index is 0.0576. The average molecular weight is 332 g/mol. The monoisotopic (exact) mass is 330 g/mol. The van der Waals surface area contributed by atoms with Gasteiger partial charge in [-0.1, -0.05) is 29.3 Å². The van der Waals surface area contributed by atoms with E-state index in [-0.39, 0.29) is 21.6 Å². The Labute approximate surface area is 128 Å². The van der Waals surface area contributed by atoms with Crippen LogP contribution in [0.2, 0.25) is 10.2 Å². The molecule has 1 aromatic carbocycles. The summed E-state index contributed by atoms with van der Waals surface area (Å²) in [7, 11) is 0. The zero-order valence-corrected chi connectivity index (χ0v) is 12.1. The summed E-state index contributed by atoms with van der Waals surface area (Å²) in [6, 6.07) is 4.37. The number of rotatable bonds is 2. The van der Waals surface area contributed by atoms with Gasteiger partial charge in [-0.25, -0.2) is 4.39 Å². The van der Waals surface area contributed by atoms with Gasteiger partial charge in [-0.3, -0.25) is 0 Å². The molecule has 0 N–H and O–H groups in total. The third-order valence-corrected chi connectivity index (χ3v) is 3.66. The third-order valence-electron chi connectivity index (χ3n) is 2.82. The molecule has 3 rings (SSSR count). The van der Waals surface area contributed by atoms with E-state index in [1.165, 1.54) is 23.0 Å². The highest BCUT2D eigenvalue weighted by Gasteiger charge is 2.21. The molecule has 8 heteroatoms. The molecule has 20 heavy (non-hydrogen) atoms. The Morgan fingerprint density at radius 2 is 2.00 bits per heavy atom. The van der Waals surface area contributed by atoms with Gasteiger partial charge in [0.05, 0.1) is 16.6 Å². The van der Waals surface area contributed by atoms with Gasteiger partial charge < -0.3 is 0 Å². The summed E-state index contributed by atoms with van der Waals surface area (Å²) in [6.07, 6.45) is 1.32. The summed E-state index contributed by atoms with van der Waals surface area (Å²) in [4.78, 5) is 8.01. The van der Waals surface area contributed by atoms with Gasteiger partial charge in [-0.15, -0.1) is 11.6 Å². The smallest absolute Gasteiger partial charge is 0.206 e. The largest absolute Gasteiger partial charge is 0.253 e. The highest BCUT2D eigenvalue weighted by Crippen LogP contribution is 2.37. The van der Waals surface area contributed by atoms with Crippen molar-refractivity contribution in [3.8, 4) is 11.1 Å². The predicted octanol–water partition coefficient (Wildman–Crippen LogP) is 3.98. The van der Waals surface area contributed by atoms with Crippen LogP contribution in [-0.2, 0) is 5.88 Å². The maximum atomic E-state index is 14.1. The van der Waals surface area contributed by atoms with E-state index in [2.05, 4.69) is 15.1 Å². The molecule has 0 aliphatic heterocycles. The first-order chi connectivity index (χ1) is 9.63. The molecule has 0 aliphatic rings. The number of benzene rings is 1. The lowest BCUT2D eigenvalue weighted by Gasteiger charge is -2.12. The van der Waals surface area contributed by atoms with Gasteiger partial charge in [0, 0.05) is 11.1 Å². The topological polar surface area (TPSA) is 43.1 Å². The van der Waals surface area contributed by atoms with E-state index in [0.29, 0.717) is 17.0 Å². The first-order valence-electron chi connectivity index (χ1n) is 5.52. The second kappa shape index (κ2) is 5.16. The van der Waals surface area contributed by atoms with Crippen molar-refractivity contribution >= 4 is 40.6 Å². The molecule has 0 radical (unpaired) electrons. The molecule has 3 aromatic rings. The van der Waals surface area contributed by atoms with E-state index in [1.807, 2.05) is 0 Å². The fraction of sp³-hybridized carbons (Fsp3) is 0.0833. The minimum atomic E-state index is -0.507. The zero-order chi connectivity index (χ0) is 14.3. The second-order valence-electron chi connectivity index (χ2n) is 3.93. The fourth-order valence-corrected chi connectivity index (χ4v) is 2.76. The van der Waals surface area contributed by atoms with Crippen molar-refractivity contribution in [3.63, 3.8) is 0 Å². The van der Waals surface area contributed by atoms with Gasteiger partial charge in [-0.2, -0.15) is 19.6 Å². The van der Waals surface area contributed by atoms with Crippen molar-refractivity contribution < 1.29 is 4.39 Å². The summed E-state index contributed by atoms with van der Waals surface area (Å²) < 4.78 is 15.5. The van der Waals surface area contributed by atoms with Gasteiger partial charge in [0.1, 0.15) is 17.3 Å². The quantitative estimate of drug-likeness (QED) is 0.527. The minimum Gasteiger partial charge on any atom is -0.206 e. The van der Waals surface area contributed by atoms with Crippen LogP contribution in [0.1, 0.15) is 5.69 Å². The first kappa shape index (κ1) is 13.5. The standard InChI is InChI=1S/C12H6Cl3FN4/c13-4-8-10(9-6(14)2-1-3-7(9)16)11(15)19-12-17-5-18-20(8)12/h1-3,5H,4H2. The van der Waals surface area contributed by atoms with Gasteiger partial charge in [0.2, 0.25) is 0 Å². The summed E-state index contributed by atoms with van der Waals surface area (Å²) in [5.74, 6) is -0.156. The summed E-state index contributed by atoms with van der Waals surface area (Å²) in [5, 5.41) is 4.31. The predicted molar refractivity (Wildman–Crippen MR) is 75.8 cm³/mol. The van der Waals surface area contributed by atoms with Crippen molar-refractivity contribution in [2.45, 2.75) is 5.88 Å². The van der Waals surface area contributed by atoms with Gasteiger partial charge in [0.15, 0.2) is 0 Å². The van der Waals surface area contributed by atoms with Crippen LogP contribution in [0.3, 0.4) is 0 Å². The van der Waals surface area contributed by atoms with Gasteiger partial charge in [0.25, 0.3) is 5.78 Å². The maximum Gasteiger partial charge on any atom is 0.253 e. The van der Waals surface area contributed by atoms with Crippen LogP contribution in [0.25, 0.3) is 16.9 Å². The van der Waals surface area contributed by atoms with Gasteiger partial charge in [-0.05, 0) is 12.1 Å². The zero-order valence-electron chi connectivity index (χ0n) is 9.82. The lowest BCUT2D eigenvalue weighted by atomic mass is 10.1. The molecule has 4 nitrogen and oxygen atoms in total. The Morgan fingerprint density at radius 1 is 1.20 bits per heavy atom. The fourth-order valence-electron chi connectivity index (χ4n) is 1.98. The molecule has 2 aromatic heterocycles. The van der Waals surface area contributed by atoms with E-state index in [9.17, 15) is 4.39 Å². The second-order valence-corrected chi connectivity index (χ2v) is 4.96. The van der Waals surface area contributed by atoms with E-state index < -0.39 is 5.82 Å². The Balaban J connectivity index is 2.44. The molecule has 0 fully saturated rings. The van der Waals surface area contributed by atoms with Crippen LogP contribution in [0.15, 0.2) is 24.5 Å². The van der Waals surface area contributed by atoms with Crippen LogP contribution in [0, 0.1) is 5.82 Å². The number of aromatic nitrogens is 4. The van der Waals surface area contributed by atoms with Crippen LogP contribution < -0.4 is 0 Å². The Morgan fingerprint density at radius 3 is 2.70 bits per heavy atom. The normalized spacial score (nSPS) is 11.2. The molecule has 0 aliphatic carbocycles. The Hall–Kier alpha value is -1.43. The number of nitrogens with zero attached hydrogens (tertiary/aromatic N) is 4. The van der Waals surface area contributed by atoms with Crippen molar-refractivity contribution in [2.24, 2.45) is 0 Å². The van der Waals surface area contributed by atoms with Crippen molar-refractivity contribution in [1.82, 2.24) is 19.6 Å². The van der Waals surface area contributed by atoms with E-state index >= 15 is 0 Å². The Kier molecular flexibility index (Phi) is 3.50. The molecule has 0 bridgehead atoms. The maximum absolute atomic E-state index is 14.1. The van der Waals surface area contributed by atoms with Crippen LogP contribution >= 0.6 is 34.8 Å². The molecule has 0 unspecified atom stereocenters. The van der Waals surface area contributed by atoms with Crippen LogP contribution in [-0.4, -0.2) is 19.6 Å². The molecule has 0 saturated carbocycles. The van der Waals surface area contributed by atoms with Crippen molar-refractivity contribution in [3.05, 3.63) is 46.2 Å². The lowest BCUT2D eigenvalue weighted by Crippen LogP contribution is -2.04. The third kappa shape index (κ3) is 2.02. The number of hydrogen-bond acceptors (Lipinski definition) is 3. The SMILES string of the molecule is Fc1cccc(Cl)c1-c1c(Cl)nc2ncnn2c1CCl. The Bertz CT molecular complexity index is 782. The van der Waals surface area contributed by atoms with Gasteiger partial charge >= 0.3 is 0 Å². The highest BCUT2D eigenvalue weighted by molar-refractivity contribution is 6.36. The van der Waals surface area contributed by atoms with E-state index in [0.717, 1.165) is 0 Å². The number of fused-ring (bicyclic) bond motifs is 1. The molecule has 2 heterocycles. The number of hydrogen-bond donors (Lipinski definition) is 0. The highest BCUT2D eigenvalue weighted by atomic mass is 35.5. The lowest BCUT2D eigenvalue weighted by molar-refractivity contribution is 0.631. The molecule has 0 atom stereocenters. The van der Waals surface area contributed by atoms with Crippen LogP contribution in [0.4, 0.5) is 4.39 Å². The summed E-state index contributed by atoms with van der Waals surface area (Å²) in [5.41, 5.74) is 0.952. The molecule has 0 saturated heterocycles. The molecule has 102 valence electrons. The first-order valence-corrected chi connectivity index (χ1v) is 6.81. The van der Waals surface area contributed by atoms with E-state index in [1.54, 1.807) is 6.07 Å². The number of alkyl halides is 1. The molecular formula is C12H6Cl3FN4. The summed E-state index contributed by atoms with van der Waals surface area (Å²) >= 11 is 18.2. The molecule has 0 amide bonds. The summed E-state index contributed by atoms with van der Waals surface area (Å²) in [6.45, 7) is 0. The van der Waals surface area contributed by atoms with Crippen molar-refractivity contribution in [1.29, 1.82) is 0 Å². The molecular weight excluding hydrogens is 326 g/mol. The van der Waals surface area contributed by atoms with Crippen molar-refractivity contribution in [2.75, 3.05) is 0 Å². The van der Waals surface area contributed by atoms with Crippen LogP contribution in [0.5, 0.6) is 0 Å². The average Bonchev–Trinajstić information content (AvgIpc) is 2.86. The van der Waals surface area contributed by atoms with E-state index in [4.69, 9.17) is 34.8 Å². The molecule has 0 spiro atoms. The number of halogens is 4.